The lowest BCUT2D eigenvalue weighted by atomic mass is 9.78. The number of carbonyl (C=O) groups excluding carboxylic acids is 1. The zero-order chi connectivity index (χ0) is 20.5. The molecule has 1 aromatic rings. The van der Waals surface area contributed by atoms with Gasteiger partial charge in [0.1, 0.15) is 11.4 Å². The average molecular weight is 403 g/mol. The minimum atomic E-state index is -0.682. The second-order valence-electron chi connectivity index (χ2n) is 8.77. The van der Waals surface area contributed by atoms with Crippen molar-refractivity contribution >= 4 is 11.6 Å². The zero-order valence-corrected chi connectivity index (χ0v) is 18.3. The van der Waals surface area contributed by atoms with Crippen LogP contribution >= 0.6 is 0 Å². The SMILES string of the molecule is CCCO[C@]1(C(=O)Nc2ccc(OCCCN3CCCC3)cc2)CCC[C@H](C)C1. The number of ether oxygens (including phenoxy) is 2. The largest absolute Gasteiger partial charge is 0.494 e. The van der Waals surface area contributed by atoms with Gasteiger partial charge in [0.05, 0.1) is 6.61 Å². The molecule has 1 saturated carbocycles. The molecule has 0 bridgehead atoms. The number of carbonyl (C=O) groups is 1. The summed E-state index contributed by atoms with van der Waals surface area (Å²) in [5.74, 6) is 1.37. The van der Waals surface area contributed by atoms with Crippen molar-refractivity contribution in [1.29, 1.82) is 0 Å². The predicted molar refractivity (Wildman–Crippen MR) is 117 cm³/mol. The van der Waals surface area contributed by atoms with Crippen molar-refractivity contribution < 1.29 is 14.3 Å². The first-order chi connectivity index (χ1) is 14.1. The van der Waals surface area contributed by atoms with E-state index >= 15 is 0 Å². The quantitative estimate of drug-likeness (QED) is 0.568. The van der Waals surface area contributed by atoms with Crippen molar-refractivity contribution in [2.24, 2.45) is 5.92 Å². The van der Waals surface area contributed by atoms with Crippen molar-refractivity contribution in [1.82, 2.24) is 4.90 Å². The fraction of sp³-hybridized carbons (Fsp3) is 0.708. The maximum atomic E-state index is 13.1. The normalized spacial score (nSPS) is 25.1. The maximum absolute atomic E-state index is 13.1. The van der Waals surface area contributed by atoms with Crippen LogP contribution < -0.4 is 10.1 Å². The van der Waals surface area contributed by atoms with Crippen molar-refractivity contribution in [2.75, 3.05) is 38.2 Å². The van der Waals surface area contributed by atoms with Gasteiger partial charge in [-0.3, -0.25) is 4.79 Å². The standard InChI is InChI=1S/C24H38N2O3/c1-3-17-29-24(13-6-8-20(2)19-24)23(27)25-21-9-11-22(12-10-21)28-18-7-16-26-14-4-5-15-26/h9-12,20H,3-8,13-19H2,1-2H3,(H,25,27)/t20-,24+/m0/s1. The van der Waals surface area contributed by atoms with Crippen LogP contribution in [0.3, 0.4) is 0 Å². The van der Waals surface area contributed by atoms with Gasteiger partial charge in [-0.2, -0.15) is 0 Å². The van der Waals surface area contributed by atoms with E-state index in [1.165, 1.54) is 32.4 Å². The fourth-order valence-electron chi connectivity index (χ4n) is 4.57. The number of hydrogen-bond donors (Lipinski definition) is 1. The number of rotatable bonds is 10. The van der Waals surface area contributed by atoms with Crippen LogP contribution in [0.25, 0.3) is 0 Å². The third-order valence-electron chi connectivity index (χ3n) is 6.15. The summed E-state index contributed by atoms with van der Waals surface area (Å²) in [7, 11) is 0. The number of amides is 1. The van der Waals surface area contributed by atoms with E-state index in [0.717, 1.165) is 56.7 Å². The first-order valence-electron chi connectivity index (χ1n) is 11.5. The van der Waals surface area contributed by atoms with Crippen LogP contribution in [-0.2, 0) is 9.53 Å². The van der Waals surface area contributed by atoms with E-state index in [0.29, 0.717) is 12.5 Å². The third kappa shape index (κ3) is 6.45. The molecule has 0 radical (unpaired) electrons. The topological polar surface area (TPSA) is 50.8 Å². The Hall–Kier alpha value is -1.59. The molecule has 3 rings (SSSR count). The number of nitrogens with zero attached hydrogens (tertiary/aromatic N) is 1. The third-order valence-corrected chi connectivity index (χ3v) is 6.15. The van der Waals surface area contributed by atoms with Crippen LogP contribution in [-0.4, -0.2) is 49.3 Å². The van der Waals surface area contributed by atoms with E-state index in [1.807, 2.05) is 24.3 Å². The van der Waals surface area contributed by atoms with Crippen LogP contribution in [0, 0.1) is 5.92 Å². The van der Waals surface area contributed by atoms with E-state index in [4.69, 9.17) is 9.47 Å². The second kappa shape index (κ2) is 11.0. The highest BCUT2D eigenvalue weighted by atomic mass is 16.5. The number of nitrogens with one attached hydrogen (secondary N) is 1. The highest BCUT2D eigenvalue weighted by Gasteiger charge is 2.42. The number of anilines is 1. The van der Waals surface area contributed by atoms with Gasteiger partial charge in [0.2, 0.25) is 0 Å². The lowest BCUT2D eigenvalue weighted by molar-refractivity contribution is -0.148. The molecule has 0 spiro atoms. The fourth-order valence-corrected chi connectivity index (χ4v) is 4.57. The minimum absolute atomic E-state index is 0.00298. The van der Waals surface area contributed by atoms with E-state index < -0.39 is 5.60 Å². The average Bonchev–Trinajstić information content (AvgIpc) is 3.24. The Morgan fingerprint density at radius 3 is 2.62 bits per heavy atom. The van der Waals surface area contributed by atoms with Gasteiger partial charge in [0.25, 0.3) is 5.91 Å². The first kappa shape index (κ1) is 22.1. The lowest BCUT2D eigenvalue weighted by Crippen LogP contribution is -2.48. The Labute approximate surface area is 176 Å². The van der Waals surface area contributed by atoms with E-state index in [1.54, 1.807) is 0 Å². The highest BCUT2D eigenvalue weighted by molar-refractivity contribution is 5.97. The van der Waals surface area contributed by atoms with Crippen LogP contribution in [0.1, 0.15) is 65.2 Å². The minimum Gasteiger partial charge on any atom is -0.494 e. The second-order valence-corrected chi connectivity index (χ2v) is 8.77. The van der Waals surface area contributed by atoms with E-state index in [9.17, 15) is 4.79 Å². The Bertz CT molecular complexity index is 628. The Balaban J connectivity index is 1.48. The number of likely N-dealkylation sites (tertiary alicyclic amines) is 1. The summed E-state index contributed by atoms with van der Waals surface area (Å²) in [6, 6.07) is 7.73. The first-order valence-corrected chi connectivity index (χ1v) is 11.5. The van der Waals surface area contributed by atoms with Gasteiger partial charge in [-0.25, -0.2) is 0 Å². The van der Waals surface area contributed by atoms with Crippen molar-refractivity contribution in [3.8, 4) is 5.75 Å². The van der Waals surface area contributed by atoms with Crippen molar-refractivity contribution in [3.63, 3.8) is 0 Å². The summed E-state index contributed by atoms with van der Waals surface area (Å²) < 4.78 is 12.0. The molecule has 1 aliphatic carbocycles. The molecule has 1 heterocycles. The lowest BCUT2D eigenvalue weighted by Gasteiger charge is -2.38. The molecule has 5 heteroatoms. The van der Waals surface area contributed by atoms with Gasteiger partial charge in [-0.1, -0.05) is 20.3 Å². The van der Waals surface area contributed by atoms with E-state index in [-0.39, 0.29) is 5.91 Å². The molecule has 1 saturated heterocycles. The Kier molecular flexibility index (Phi) is 8.37. The molecule has 2 atom stereocenters. The molecule has 1 aliphatic heterocycles. The van der Waals surface area contributed by atoms with Crippen molar-refractivity contribution in [3.05, 3.63) is 24.3 Å². The molecule has 5 nitrogen and oxygen atoms in total. The summed E-state index contributed by atoms with van der Waals surface area (Å²) >= 11 is 0. The molecule has 2 fully saturated rings. The smallest absolute Gasteiger partial charge is 0.256 e. The molecule has 0 aromatic heterocycles. The Morgan fingerprint density at radius 2 is 1.93 bits per heavy atom. The summed E-state index contributed by atoms with van der Waals surface area (Å²) in [6.45, 7) is 9.24. The van der Waals surface area contributed by atoms with Gasteiger partial charge in [0.15, 0.2) is 0 Å². The summed E-state index contributed by atoms with van der Waals surface area (Å²) in [5.41, 5.74) is 0.121. The molecule has 0 unspecified atom stereocenters. The van der Waals surface area contributed by atoms with Crippen LogP contribution in [0.5, 0.6) is 5.75 Å². The molecule has 29 heavy (non-hydrogen) atoms. The van der Waals surface area contributed by atoms with Crippen LogP contribution in [0.2, 0.25) is 0 Å². The van der Waals surface area contributed by atoms with E-state index in [2.05, 4.69) is 24.1 Å². The maximum Gasteiger partial charge on any atom is 0.256 e. The number of benzene rings is 1. The highest BCUT2D eigenvalue weighted by Crippen LogP contribution is 2.36. The zero-order valence-electron chi connectivity index (χ0n) is 18.3. The molecule has 1 amide bonds. The van der Waals surface area contributed by atoms with Gasteiger partial charge in [-0.15, -0.1) is 0 Å². The number of hydrogen-bond acceptors (Lipinski definition) is 4. The van der Waals surface area contributed by atoms with Crippen LogP contribution in [0.15, 0.2) is 24.3 Å². The molecular formula is C24H38N2O3. The van der Waals surface area contributed by atoms with Gasteiger partial charge < -0.3 is 19.7 Å². The van der Waals surface area contributed by atoms with Gasteiger partial charge >= 0.3 is 0 Å². The Morgan fingerprint density at radius 1 is 1.17 bits per heavy atom. The monoisotopic (exact) mass is 402 g/mol. The molecule has 1 aromatic carbocycles. The predicted octanol–water partition coefficient (Wildman–Crippen LogP) is 4.87. The van der Waals surface area contributed by atoms with Crippen molar-refractivity contribution in [2.45, 2.75) is 70.8 Å². The molecule has 2 aliphatic rings. The molecule has 162 valence electrons. The summed E-state index contributed by atoms with van der Waals surface area (Å²) in [4.78, 5) is 15.6. The summed E-state index contributed by atoms with van der Waals surface area (Å²) in [6.07, 6.45) is 8.46. The van der Waals surface area contributed by atoms with Crippen LogP contribution in [0.4, 0.5) is 5.69 Å². The molecular weight excluding hydrogens is 364 g/mol. The summed E-state index contributed by atoms with van der Waals surface area (Å²) in [5, 5.41) is 3.09. The van der Waals surface area contributed by atoms with Gasteiger partial charge in [-0.05, 0) is 88.2 Å². The van der Waals surface area contributed by atoms with Gasteiger partial charge in [0, 0.05) is 18.8 Å². The molecule has 1 N–H and O–H groups in total.